The molecular formula is C20H20N2O2. The van der Waals surface area contributed by atoms with E-state index in [1.165, 1.54) is 0 Å². The van der Waals surface area contributed by atoms with Crippen LogP contribution in [-0.2, 0) is 13.1 Å². The quantitative estimate of drug-likeness (QED) is 0.546. The second-order valence-electron chi connectivity index (χ2n) is 5.55. The zero-order valence-electron chi connectivity index (χ0n) is 13.2. The summed E-state index contributed by atoms with van der Waals surface area (Å²) in [6, 6.07) is 22.5. The lowest BCUT2D eigenvalue weighted by Crippen LogP contribution is -2.02. The minimum absolute atomic E-state index is 0.291. The molecule has 0 fully saturated rings. The van der Waals surface area contributed by atoms with Crippen LogP contribution in [0.25, 0.3) is 0 Å². The van der Waals surface area contributed by atoms with Crippen molar-refractivity contribution in [2.24, 2.45) is 0 Å². The molecule has 0 unspecified atom stereocenters. The maximum absolute atomic E-state index is 9.80. The van der Waals surface area contributed by atoms with E-state index in [9.17, 15) is 10.2 Å². The van der Waals surface area contributed by atoms with E-state index in [2.05, 4.69) is 10.6 Å². The van der Waals surface area contributed by atoms with Crippen LogP contribution in [0.2, 0.25) is 0 Å². The monoisotopic (exact) mass is 320 g/mol. The molecule has 0 saturated heterocycles. The molecule has 0 aliphatic carbocycles. The minimum atomic E-state index is 0.291. The molecule has 0 amide bonds. The molecular weight excluding hydrogens is 300 g/mol. The van der Waals surface area contributed by atoms with E-state index in [0.717, 1.165) is 22.5 Å². The van der Waals surface area contributed by atoms with Gasteiger partial charge in [0.1, 0.15) is 11.5 Å². The number of hydrogen-bond acceptors (Lipinski definition) is 4. The molecule has 122 valence electrons. The van der Waals surface area contributed by atoms with E-state index in [4.69, 9.17) is 0 Å². The van der Waals surface area contributed by atoms with Crippen molar-refractivity contribution < 1.29 is 10.2 Å². The SMILES string of the molecule is Oc1ccccc1CNc1cccc(NCc2ccccc2O)c1. The third-order valence-electron chi connectivity index (χ3n) is 3.81. The Morgan fingerprint density at radius 1 is 0.583 bits per heavy atom. The van der Waals surface area contributed by atoms with Gasteiger partial charge in [0.15, 0.2) is 0 Å². The molecule has 3 aromatic rings. The van der Waals surface area contributed by atoms with Crippen molar-refractivity contribution in [3.05, 3.63) is 83.9 Å². The lowest BCUT2D eigenvalue weighted by Gasteiger charge is -2.11. The average molecular weight is 320 g/mol. The van der Waals surface area contributed by atoms with Gasteiger partial charge in [0.25, 0.3) is 0 Å². The molecule has 0 bridgehead atoms. The standard InChI is InChI=1S/C20H20N2O2/c23-19-10-3-1-6-15(19)13-21-17-8-5-9-18(12-17)22-14-16-7-2-4-11-20(16)24/h1-12,21-24H,13-14H2. The van der Waals surface area contributed by atoms with Gasteiger partial charge in [-0.2, -0.15) is 0 Å². The van der Waals surface area contributed by atoms with Crippen molar-refractivity contribution >= 4 is 11.4 Å². The Labute approximate surface area is 141 Å². The molecule has 0 saturated carbocycles. The largest absolute Gasteiger partial charge is 0.508 e. The fourth-order valence-corrected chi connectivity index (χ4v) is 2.45. The summed E-state index contributed by atoms with van der Waals surface area (Å²) < 4.78 is 0. The van der Waals surface area contributed by atoms with Crippen LogP contribution in [0.1, 0.15) is 11.1 Å². The van der Waals surface area contributed by atoms with Gasteiger partial charge < -0.3 is 20.8 Å². The number of para-hydroxylation sites is 2. The van der Waals surface area contributed by atoms with Gasteiger partial charge in [-0.25, -0.2) is 0 Å². The third-order valence-corrected chi connectivity index (χ3v) is 3.81. The van der Waals surface area contributed by atoms with Gasteiger partial charge in [-0.15, -0.1) is 0 Å². The number of anilines is 2. The lowest BCUT2D eigenvalue weighted by molar-refractivity contribution is 0.468. The minimum Gasteiger partial charge on any atom is -0.508 e. The van der Waals surface area contributed by atoms with Crippen molar-refractivity contribution in [1.82, 2.24) is 0 Å². The number of nitrogens with one attached hydrogen (secondary N) is 2. The summed E-state index contributed by atoms with van der Waals surface area (Å²) in [5.41, 5.74) is 3.62. The lowest BCUT2D eigenvalue weighted by atomic mass is 10.2. The summed E-state index contributed by atoms with van der Waals surface area (Å²) in [6.07, 6.45) is 0. The molecule has 0 spiro atoms. The molecule has 4 N–H and O–H groups in total. The first-order valence-electron chi connectivity index (χ1n) is 7.84. The van der Waals surface area contributed by atoms with Crippen LogP contribution in [0.4, 0.5) is 11.4 Å². The molecule has 4 heteroatoms. The van der Waals surface area contributed by atoms with Gasteiger partial charge >= 0.3 is 0 Å². The highest BCUT2D eigenvalue weighted by molar-refractivity contribution is 5.57. The summed E-state index contributed by atoms with van der Waals surface area (Å²) in [6.45, 7) is 1.10. The molecule has 0 atom stereocenters. The van der Waals surface area contributed by atoms with Gasteiger partial charge in [0.05, 0.1) is 0 Å². The van der Waals surface area contributed by atoms with Gasteiger partial charge in [-0.05, 0) is 30.3 Å². The number of phenols is 2. The van der Waals surface area contributed by atoms with E-state index in [1.54, 1.807) is 12.1 Å². The average Bonchev–Trinajstić information content (AvgIpc) is 2.61. The topological polar surface area (TPSA) is 64.5 Å². The van der Waals surface area contributed by atoms with Crippen molar-refractivity contribution in [2.45, 2.75) is 13.1 Å². The zero-order chi connectivity index (χ0) is 16.8. The van der Waals surface area contributed by atoms with Gasteiger partial charge in [-0.3, -0.25) is 0 Å². The number of aromatic hydroxyl groups is 2. The number of benzene rings is 3. The maximum atomic E-state index is 9.80. The normalized spacial score (nSPS) is 10.3. The summed E-state index contributed by atoms with van der Waals surface area (Å²) in [7, 11) is 0. The van der Waals surface area contributed by atoms with Crippen molar-refractivity contribution in [3.8, 4) is 11.5 Å². The van der Waals surface area contributed by atoms with E-state index in [0.29, 0.717) is 24.6 Å². The van der Waals surface area contributed by atoms with E-state index in [1.807, 2.05) is 60.7 Å². The van der Waals surface area contributed by atoms with Crippen molar-refractivity contribution in [3.63, 3.8) is 0 Å². The Kier molecular flexibility index (Phi) is 4.87. The summed E-state index contributed by atoms with van der Waals surface area (Å²) in [5.74, 6) is 0.581. The second kappa shape index (κ2) is 7.42. The van der Waals surface area contributed by atoms with Crippen LogP contribution in [0.5, 0.6) is 11.5 Å². The van der Waals surface area contributed by atoms with E-state index >= 15 is 0 Å². The van der Waals surface area contributed by atoms with Crippen LogP contribution in [0, 0.1) is 0 Å². The van der Waals surface area contributed by atoms with Crippen LogP contribution in [0.3, 0.4) is 0 Å². The summed E-state index contributed by atoms with van der Waals surface area (Å²) in [5, 5.41) is 26.2. The molecule has 0 aliphatic rings. The first kappa shape index (κ1) is 15.7. The Morgan fingerprint density at radius 2 is 1.04 bits per heavy atom. The number of hydrogen-bond donors (Lipinski definition) is 4. The predicted molar refractivity (Wildman–Crippen MR) is 97.3 cm³/mol. The summed E-state index contributed by atoms with van der Waals surface area (Å²) >= 11 is 0. The summed E-state index contributed by atoms with van der Waals surface area (Å²) in [4.78, 5) is 0. The van der Waals surface area contributed by atoms with Gasteiger partial charge in [0, 0.05) is 35.6 Å². The number of phenolic OH excluding ortho intramolecular Hbond substituents is 2. The number of rotatable bonds is 6. The first-order valence-corrected chi connectivity index (χ1v) is 7.84. The predicted octanol–water partition coefficient (Wildman–Crippen LogP) is 4.32. The Bertz CT molecular complexity index is 753. The van der Waals surface area contributed by atoms with Gasteiger partial charge in [-0.1, -0.05) is 42.5 Å². The van der Waals surface area contributed by atoms with Crippen molar-refractivity contribution in [1.29, 1.82) is 0 Å². The van der Waals surface area contributed by atoms with E-state index < -0.39 is 0 Å². The van der Waals surface area contributed by atoms with Crippen molar-refractivity contribution in [2.75, 3.05) is 10.6 Å². The Morgan fingerprint density at radius 3 is 1.50 bits per heavy atom. The molecule has 0 radical (unpaired) electrons. The third kappa shape index (κ3) is 3.98. The molecule has 3 rings (SSSR count). The van der Waals surface area contributed by atoms with Crippen LogP contribution in [0.15, 0.2) is 72.8 Å². The molecule has 4 nitrogen and oxygen atoms in total. The Hall–Kier alpha value is -3.14. The highest BCUT2D eigenvalue weighted by Crippen LogP contribution is 2.21. The van der Waals surface area contributed by atoms with Crippen LogP contribution in [-0.4, -0.2) is 10.2 Å². The van der Waals surface area contributed by atoms with Gasteiger partial charge in [0.2, 0.25) is 0 Å². The Balaban J connectivity index is 1.62. The maximum Gasteiger partial charge on any atom is 0.120 e. The van der Waals surface area contributed by atoms with E-state index in [-0.39, 0.29) is 0 Å². The molecule has 3 aromatic carbocycles. The first-order chi connectivity index (χ1) is 11.7. The molecule has 0 aliphatic heterocycles. The smallest absolute Gasteiger partial charge is 0.120 e. The molecule has 24 heavy (non-hydrogen) atoms. The fourth-order valence-electron chi connectivity index (χ4n) is 2.45. The second-order valence-corrected chi connectivity index (χ2v) is 5.55. The molecule has 0 heterocycles. The fraction of sp³-hybridized carbons (Fsp3) is 0.100. The van der Waals surface area contributed by atoms with Crippen LogP contribution >= 0.6 is 0 Å². The molecule has 0 aromatic heterocycles. The highest BCUT2D eigenvalue weighted by atomic mass is 16.3. The van der Waals surface area contributed by atoms with Crippen LogP contribution < -0.4 is 10.6 Å². The zero-order valence-corrected chi connectivity index (χ0v) is 13.2. The highest BCUT2D eigenvalue weighted by Gasteiger charge is 2.02.